The number of nitrogens with zero attached hydrogens (tertiary/aromatic N) is 1. The molecule has 0 aliphatic carbocycles. The van der Waals surface area contributed by atoms with Crippen molar-refractivity contribution in [1.82, 2.24) is 4.98 Å². The smallest absolute Gasteiger partial charge is 0.330 e. The molecule has 0 amide bonds. The van der Waals surface area contributed by atoms with E-state index in [0.29, 0.717) is 25.2 Å². The van der Waals surface area contributed by atoms with Gasteiger partial charge in [-0.15, -0.1) is 0 Å². The number of ether oxygens (including phenoxy) is 4. The molecule has 1 aromatic heterocycles. The van der Waals surface area contributed by atoms with Gasteiger partial charge in [0.2, 0.25) is 0 Å². The van der Waals surface area contributed by atoms with Crippen LogP contribution in [0.15, 0.2) is 64.4 Å². The molecular weight excluding hydrogens is 562 g/mol. The van der Waals surface area contributed by atoms with Crippen LogP contribution in [0.4, 0.5) is 0 Å². The number of oxazole rings is 1. The molecule has 1 N–H and O–H groups in total. The molecule has 9 heteroatoms. The van der Waals surface area contributed by atoms with Gasteiger partial charge in [0.25, 0.3) is 0 Å². The Morgan fingerprint density at radius 1 is 1.20 bits per heavy atom. The molecule has 44 heavy (non-hydrogen) atoms. The van der Waals surface area contributed by atoms with Crippen LogP contribution in [0.2, 0.25) is 0 Å². The minimum absolute atomic E-state index is 0.000898. The van der Waals surface area contributed by atoms with Crippen LogP contribution < -0.4 is 0 Å². The summed E-state index contributed by atoms with van der Waals surface area (Å²) in [6, 6.07) is 0. The summed E-state index contributed by atoms with van der Waals surface area (Å²) in [5.74, 6) is -0.299. The molecule has 3 aliphatic rings. The zero-order valence-corrected chi connectivity index (χ0v) is 26.9. The number of epoxide rings is 1. The number of fused-ring (bicyclic) bond motifs is 3. The maximum absolute atomic E-state index is 13.0. The van der Waals surface area contributed by atoms with Crippen molar-refractivity contribution in [3.05, 3.63) is 71.5 Å². The number of carbonyl (C=O) groups excluding carboxylic acids is 2. The largest absolute Gasteiger partial charge is 0.462 e. The summed E-state index contributed by atoms with van der Waals surface area (Å²) in [6.07, 6.45) is 15.9. The Morgan fingerprint density at radius 2 is 1.98 bits per heavy atom. The van der Waals surface area contributed by atoms with Gasteiger partial charge in [0.15, 0.2) is 5.89 Å². The van der Waals surface area contributed by atoms with Crippen LogP contribution in [0.3, 0.4) is 0 Å². The van der Waals surface area contributed by atoms with E-state index in [-0.39, 0.29) is 48.5 Å². The van der Waals surface area contributed by atoms with Gasteiger partial charge >= 0.3 is 11.9 Å². The van der Waals surface area contributed by atoms with Crippen molar-refractivity contribution < 1.29 is 38.1 Å². The molecule has 4 rings (SSSR count). The molecule has 4 heterocycles. The van der Waals surface area contributed by atoms with Gasteiger partial charge in [-0.3, -0.25) is 4.79 Å². The van der Waals surface area contributed by atoms with Gasteiger partial charge in [0.05, 0.1) is 12.2 Å². The lowest BCUT2D eigenvalue weighted by Gasteiger charge is -2.32. The van der Waals surface area contributed by atoms with Crippen molar-refractivity contribution >= 4 is 18.0 Å². The number of esters is 2. The minimum Gasteiger partial charge on any atom is -0.462 e. The number of methoxy groups -OCH3 is 1. The van der Waals surface area contributed by atoms with E-state index in [2.05, 4.69) is 4.98 Å². The van der Waals surface area contributed by atoms with E-state index < -0.39 is 23.8 Å². The minimum atomic E-state index is -0.892. The monoisotopic (exact) mass is 609 g/mol. The van der Waals surface area contributed by atoms with E-state index in [1.54, 1.807) is 26.4 Å². The number of cyclic esters (lactones) is 1. The molecule has 2 saturated heterocycles. The maximum atomic E-state index is 13.0. The second-order valence-corrected chi connectivity index (χ2v) is 12.6. The molecule has 9 atom stereocenters. The Kier molecular flexibility index (Phi) is 11.2. The molecule has 2 fully saturated rings. The average molecular weight is 610 g/mol. The molecule has 0 saturated carbocycles. The molecule has 3 aliphatic heterocycles. The van der Waals surface area contributed by atoms with Gasteiger partial charge in [-0.1, -0.05) is 50.3 Å². The topological polar surface area (TPSA) is 121 Å². The fourth-order valence-corrected chi connectivity index (χ4v) is 6.11. The number of aryl methyl sites for hydroxylation is 1. The molecule has 9 unspecified atom stereocenters. The molecule has 240 valence electrons. The number of allylic oxidation sites excluding steroid dienone is 5. The molecule has 9 nitrogen and oxygen atoms in total. The Labute approximate surface area is 260 Å². The third-order valence-electron chi connectivity index (χ3n) is 8.97. The highest BCUT2D eigenvalue weighted by Crippen LogP contribution is 2.43. The van der Waals surface area contributed by atoms with Crippen LogP contribution in [0.5, 0.6) is 0 Å². The Hall–Kier alpha value is -3.27. The Bertz CT molecular complexity index is 1320. The molecule has 2 bridgehead atoms. The fraction of sp³-hybridized carbons (Fsp3) is 0.571. The number of aliphatic hydroxyl groups is 1. The molecule has 0 spiro atoms. The summed E-state index contributed by atoms with van der Waals surface area (Å²) < 4.78 is 28.7. The van der Waals surface area contributed by atoms with E-state index in [1.165, 1.54) is 6.08 Å². The predicted octanol–water partition coefficient (Wildman–Crippen LogP) is 5.83. The number of rotatable bonds is 7. The summed E-state index contributed by atoms with van der Waals surface area (Å²) >= 11 is 0. The maximum Gasteiger partial charge on any atom is 0.330 e. The highest BCUT2D eigenvalue weighted by molar-refractivity contribution is 5.82. The summed E-state index contributed by atoms with van der Waals surface area (Å²) in [4.78, 5) is 29.6. The number of carbonyl (C=O) groups is 2. The van der Waals surface area contributed by atoms with Crippen LogP contribution >= 0.6 is 0 Å². The predicted molar refractivity (Wildman–Crippen MR) is 166 cm³/mol. The standard InChI is InChI=1S/C35H47NO8/c1-21(16-27-20-41-25(5)36-27)10-8-11-23(3)34(40-7)24(4)29-19-30(37)35(6)31(44-35)15-14-22(2)28-17-26(18-33(39)42-28)12-9-13-32(38)43-29/h8-11,13-16,20,22,24,26,28-31,34,37H,12,17-19H2,1-7H3. The first-order valence-electron chi connectivity index (χ1n) is 15.5. The van der Waals surface area contributed by atoms with Crippen molar-refractivity contribution in [3.8, 4) is 0 Å². The first-order valence-corrected chi connectivity index (χ1v) is 15.5. The first kappa shape index (κ1) is 33.6. The summed E-state index contributed by atoms with van der Waals surface area (Å²) in [5.41, 5.74) is 1.88. The van der Waals surface area contributed by atoms with Crippen molar-refractivity contribution in [2.45, 2.75) is 103 Å². The highest BCUT2D eigenvalue weighted by Gasteiger charge is 2.57. The van der Waals surface area contributed by atoms with E-state index in [9.17, 15) is 14.7 Å². The van der Waals surface area contributed by atoms with E-state index in [0.717, 1.165) is 16.8 Å². The number of hydrogen-bond donors (Lipinski definition) is 1. The van der Waals surface area contributed by atoms with E-state index in [1.807, 2.05) is 71.1 Å². The lowest BCUT2D eigenvalue weighted by atomic mass is 9.85. The van der Waals surface area contributed by atoms with Crippen LogP contribution in [-0.4, -0.2) is 65.3 Å². The molecule has 0 radical (unpaired) electrons. The first-order chi connectivity index (χ1) is 20.9. The number of hydrogen-bond acceptors (Lipinski definition) is 9. The van der Waals surface area contributed by atoms with Crippen LogP contribution in [0.25, 0.3) is 6.08 Å². The van der Waals surface area contributed by atoms with Gasteiger partial charge in [-0.25, -0.2) is 9.78 Å². The van der Waals surface area contributed by atoms with Crippen LogP contribution in [0, 0.1) is 24.7 Å². The lowest BCUT2D eigenvalue weighted by Crippen LogP contribution is -2.41. The Morgan fingerprint density at radius 3 is 2.68 bits per heavy atom. The van der Waals surface area contributed by atoms with Gasteiger partial charge in [-0.05, 0) is 56.8 Å². The third kappa shape index (κ3) is 8.67. The van der Waals surface area contributed by atoms with Gasteiger partial charge in [0, 0.05) is 44.8 Å². The van der Waals surface area contributed by atoms with Gasteiger partial charge in [0.1, 0.15) is 35.9 Å². The second kappa shape index (κ2) is 14.7. The lowest BCUT2D eigenvalue weighted by molar-refractivity contribution is -0.158. The summed E-state index contributed by atoms with van der Waals surface area (Å²) in [7, 11) is 1.63. The highest BCUT2D eigenvalue weighted by atomic mass is 16.6. The number of aliphatic hydroxyl groups excluding tert-OH is 1. The fourth-order valence-electron chi connectivity index (χ4n) is 6.11. The normalized spacial score (nSPS) is 33.5. The molecular formula is C35H47NO8. The van der Waals surface area contributed by atoms with Crippen molar-refractivity contribution in [2.75, 3.05) is 7.11 Å². The van der Waals surface area contributed by atoms with Crippen LogP contribution in [-0.2, 0) is 28.5 Å². The summed E-state index contributed by atoms with van der Waals surface area (Å²) in [6.45, 7) is 11.6. The van der Waals surface area contributed by atoms with Gasteiger partial charge < -0.3 is 28.5 Å². The molecule has 1 aromatic rings. The SMILES string of the molecule is COC(C(C)=CC=CC(C)=Cc1coc(C)n1)C(C)C1CC(O)C2(C)OC2C=CC(C)C2CC(CC=CC(=O)O1)CC(=O)O2. The number of aromatic nitrogens is 1. The third-order valence-corrected chi connectivity index (χ3v) is 8.97. The Balaban J connectivity index is 1.51. The van der Waals surface area contributed by atoms with Crippen molar-refractivity contribution in [1.29, 1.82) is 0 Å². The zero-order chi connectivity index (χ0) is 32.0. The van der Waals surface area contributed by atoms with Crippen molar-refractivity contribution in [3.63, 3.8) is 0 Å². The van der Waals surface area contributed by atoms with E-state index >= 15 is 0 Å². The molecule has 0 aromatic carbocycles. The summed E-state index contributed by atoms with van der Waals surface area (Å²) in [5, 5.41) is 11.3. The average Bonchev–Trinajstić information content (AvgIpc) is 3.47. The van der Waals surface area contributed by atoms with Crippen LogP contribution in [0.1, 0.15) is 71.9 Å². The zero-order valence-electron chi connectivity index (χ0n) is 26.9. The van der Waals surface area contributed by atoms with Gasteiger partial charge in [-0.2, -0.15) is 0 Å². The quantitative estimate of drug-likeness (QED) is 0.176. The second-order valence-electron chi connectivity index (χ2n) is 12.6. The van der Waals surface area contributed by atoms with Crippen molar-refractivity contribution in [2.24, 2.45) is 17.8 Å². The van der Waals surface area contributed by atoms with E-state index in [4.69, 9.17) is 23.4 Å².